The highest BCUT2D eigenvalue weighted by atomic mass is 16.6. The number of nitrogens with one attached hydrogen (secondary N) is 1. The Morgan fingerprint density at radius 2 is 1.88 bits per heavy atom. The second kappa shape index (κ2) is 7.23. The van der Waals surface area contributed by atoms with Gasteiger partial charge >= 0.3 is 0 Å². The van der Waals surface area contributed by atoms with E-state index in [2.05, 4.69) is 22.2 Å². The van der Waals surface area contributed by atoms with Gasteiger partial charge in [0.1, 0.15) is 12.4 Å². The smallest absolute Gasteiger partial charge is 0.256 e. The summed E-state index contributed by atoms with van der Waals surface area (Å²) in [4.78, 5) is 12.3. The summed E-state index contributed by atoms with van der Waals surface area (Å²) in [7, 11) is 0. The van der Waals surface area contributed by atoms with Crippen LogP contribution in [0.3, 0.4) is 0 Å². The van der Waals surface area contributed by atoms with E-state index in [0.717, 1.165) is 5.56 Å². The molecule has 6 nitrogen and oxygen atoms in total. The fourth-order valence-corrected chi connectivity index (χ4v) is 2.09. The molecule has 0 fully saturated rings. The number of benzene rings is 2. The zero-order valence-electron chi connectivity index (χ0n) is 12.8. The van der Waals surface area contributed by atoms with Crippen LogP contribution in [0.2, 0.25) is 0 Å². The molecule has 6 heteroatoms. The van der Waals surface area contributed by atoms with Crippen LogP contribution >= 0.6 is 0 Å². The first-order valence-corrected chi connectivity index (χ1v) is 7.31. The van der Waals surface area contributed by atoms with Gasteiger partial charge in [-0.2, -0.15) is 0 Å². The van der Waals surface area contributed by atoms with Crippen molar-refractivity contribution in [3.05, 3.63) is 72.8 Å². The Kier molecular flexibility index (Phi) is 4.67. The van der Waals surface area contributed by atoms with Gasteiger partial charge in [-0.3, -0.25) is 4.79 Å². The molecular formula is C18H15N3O3. The molecule has 0 radical (unpaired) electrons. The lowest BCUT2D eigenvalue weighted by Crippen LogP contribution is -2.12. The normalized spacial score (nSPS) is 10.2. The summed E-state index contributed by atoms with van der Waals surface area (Å²) in [6.07, 6.45) is 1.66. The molecule has 0 aliphatic carbocycles. The van der Waals surface area contributed by atoms with Gasteiger partial charge in [-0.05, 0) is 34.6 Å². The second-order valence-corrected chi connectivity index (χ2v) is 4.91. The lowest BCUT2D eigenvalue weighted by molar-refractivity contribution is 0.102. The highest BCUT2D eigenvalue weighted by Gasteiger charge is 2.15. The van der Waals surface area contributed by atoms with Gasteiger partial charge in [-0.1, -0.05) is 43.0 Å². The Balaban J connectivity index is 1.74. The predicted molar refractivity (Wildman–Crippen MR) is 89.8 cm³/mol. The number of ether oxygens (including phenoxy) is 1. The number of aromatic nitrogens is 2. The molecule has 0 unspecified atom stereocenters. The topological polar surface area (TPSA) is 77.2 Å². The fourth-order valence-electron chi connectivity index (χ4n) is 2.09. The number of hydrogen-bond donors (Lipinski definition) is 1. The van der Waals surface area contributed by atoms with Gasteiger partial charge in [0.2, 0.25) is 5.82 Å². The molecule has 2 aromatic carbocycles. The molecule has 1 heterocycles. The summed E-state index contributed by atoms with van der Waals surface area (Å²) in [5, 5.41) is 10.3. The minimum absolute atomic E-state index is 0.276. The van der Waals surface area contributed by atoms with Gasteiger partial charge in [0.05, 0.1) is 0 Å². The van der Waals surface area contributed by atoms with Gasteiger partial charge < -0.3 is 10.1 Å². The molecule has 24 heavy (non-hydrogen) atoms. The van der Waals surface area contributed by atoms with Crippen LogP contribution in [-0.2, 0) is 0 Å². The Morgan fingerprint density at radius 3 is 2.58 bits per heavy atom. The highest BCUT2D eigenvalue weighted by Crippen LogP contribution is 2.24. The van der Waals surface area contributed by atoms with Gasteiger partial charge in [0.25, 0.3) is 5.91 Å². The maximum Gasteiger partial charge on any atom is 0.256 e. The highest BCUT2D eigenvalue weighted by molar-refractivity contribution is 6.05. The lowest BCUT2D eigenvalue weighted by atomic mass is 10.1. The summed E-state index contributed by atoms with van der Waals surface area (Å²) in [6.45, 7) is 4.00. The third kappa shape index (κ3) is 3.49. The molecule has 1 amide bonds. The molecule has 120 valence electrons. The van der Waals surface area contributed by atoms with E-state index in [4.69, 9.17) is 9.37 Å². The van der Waals surface area contributed by atoms with E-state index < -0.39 is 0 Å². The number of hydrogen-bond acceptors (Lipinski definition) is 5. The van der Waals surface area contributed by atoms with Crippen molar-refractivity contribution in [1.82, 2.24) is 10.3 Å². The minimum atomic E-state index is -0.307. The number of carbonyl (C=O) groups excluding carboxylic acids is 1. The van der Waals surface area contributed by atoms with Crippen LogP contribution in [0, 0.1) is 0 Å². The molecular weight excluding hydrogens is 306 g/mol. The molecule has 0 aliphatic heterocycles. The van der Waals surface area contributed by atoms with Crippen molar-refractivity contribution in [2.75, 3.05) is 11.9 Å². The summed E-state index contributed by atoms with van der Waals surface area (Å²) in [6, 6.07) is 16.1. The first-order chi connectivity index (χ1) is 11.8. The minimum Gasteiger partial charge on any atom is -0.490 e. The number of carbonyl (C=O) groups is 1. The summed E-state index contributed by atoms with van der Waals surface area (Å²) >= 11 is 0. The van der Waals surface area contributed by atoms with Crippen LogP contribution in [-0.4, -0.2) is 22.8 Å². The molecule has 0 saturated heterocycles. The molecule has 1 aromatic heterocycles. The van der Waals surface area contributed by atoms with Crippen LogP contribution in [0.5, 0.6) is 5.75 Å². The first-order valence-electron chi connectivity index (χ1n) is 7.31. The largest absolute Gasteiger partial charge is 0.490 e. The van der Waals surface area contributed by atoms with Crippen molar-refractivity contribution >= 4 is 11.7 Å². The van der Waals surface area contributed by atoms with Gasteiger partial charge in [0.15, 0.2) is 5.69 Å². The average Bonchev–Trinajstić information content (AvgIpc) is 3.09. The van der Waals surface area contributed by atoms with Crippen LogP contribution < -0.4 is 10.1 Å². The second-order valence-electron chi connectivity index (χ2n) is 4.91. The summed E-state index contributed by atoms with van der Waals surface area (Å²) < 4.78 is 10.1. The fraction of sp³-hybridized carbons (Fsp3) is 0.0556. The predicted octanol–water partition coefficient (Wildman–Crippen LogP) is 3.55. The molecule has 0 atom stereocenters. The van der Waals surface area contributed by atoms with Crippen LogP contribution in [0.15, 0.2) is 71.9 Å². The summed E-state index contributed by atoms with van der Waals surface area (Å²) in [5.74, 6) is 0.635. The van der Waals surface area contributed by atoms with Crippen molar-refractivity contribution in [3.8, 4) is 17.0 Å². The number of anilines is 1. The molecule has 0 bridgehead atoms. The molecule has 3 rings (SSSR count). The third-order valence-electron chi connectivity index (χ3n) is 3.25. The van der Waals surface area contributed by atoms with E-state index in [0.29, 0.717) is 23.6 Å². The van der Waals surface area contributed by atoms with Crippen LogP contribution in [0.1, 0.15) is 10.4 Å². The molecule has 1 N–H and O–H groups in total. The molecule has 0 aliphatic rings. The van der Waals surface area contributed by atoms with Crippen molar-refractivity contribution < 1.29 is 14.2 Å². The molecule has 0 spiro atoms. The van der Waals surface area contributed by atoms with E-state index in [1.807, 2.05) is 30.3 Å². The monoisotopic (exact) mass is 321 g/mol. The quantitative estimate of drug-likeness (QED) is 0.702. The van der Waals surface area contributed by atoms with Crippen molar-refractivity contribution in [3.63, 3.8) is 0 Å². The standard InChI is InChI=1S/C18H15N3O3/c1-2-12-23-15-10-8-14(9-11-15)18(22)19-17-16(20-24-21-17)13-6-4-3-5-7-13/h2-11H,1,12H2,(H,19,21,22). The third-order valence-corrected chi connectivity index (χ3v) is 3.25. The van der Waals surface area contributed by atoms with Crippen LogP contribution in [0.4, 0.5) is 5.82 Å². The van der Waals surface area contributed by atoms with E-state index in [1.54, 1.807) is 30.3 Å². The number of amides is 1. The Hall–Kier alpha value is -3.41. The van der Waals surface area contributed by atoms with E-state index in [9.17, 15) is 4.79 Å². The molecule has 0 saturated carbocycles. The van der Waals surface area contributed by atoms with Gasteiger partial charge in [-0.25, -0.2) is 4.63 Å². The molecule has 3 aromatic rings. The van der Waals surface area contributed by atoms with E-state index in [1.165, 1.54) is 0 Å². The number of rotatable bonds is 6. The zero-order valence-corrected chi connectivity index (χ0v) is 12.8. The van der Waals surface area contributed by atoms with Gasteiger partial charge in [0, 0.05) is 11.1 Å². The average molecular weight is 321 g/mol. The Morgan fingerprint density at radius 1 is 1.12 bits per heavy atom. The Labute approximate surface area is 138 Å². The maximum atomic E-state index is 12.3. The Bertz CT molecular complexity index is 826. The van der Waals surface area contributed by atoms with Gasteiger partial charge in [-0.15, -0.1) is 0 Å². The van der Waals surface area contributed by atoms with Crippen molar-refractivity contribution in [2.24, 2.45) is 0 Å². The van der Waals surface area contributed by atoms with Crippen LogP contribution in [0.25, 0.3) is 11.3 Å². The summed E-state index contributed by atoms with van der Waals surface area (Å²) in [5.41, 5.74) is 1.76. The van der Waals surface area contributed by atoms with Crippen molar-refractivity contribution in [2.45, 2.75) is 0 Å². The first kappa shape index (κ1) is 15.5. The lowest BCUT2D eigenvalue weighted by Gasteiger charge is -2.05. The number of nitrogens with zero attached hydrogens (tertiary/aromatic N) is 2. The van der Waals surface area contributed by atoms with E-state index >= 15 is 0 Å². The van der Waals surface area contributed by atoms with Crippen molar-refractivity contribution in [1.29, 1.82) is 0 Å². The maximum absolute atomic E-state index is 12.3. The zero-order chi connectivity index (χ0) is 16.8. The SMILES string of the molecule is C=CCOc1ccc(C(=O)Nc2nonc2-c2ccccc2)cc1. The van der Waals surface area contributed by atoms with E-state index in [-0.39, 0.29) is 11.7 Å².